The molecule has 0 saturated heterocycles. The molecule has 1 aromatic rings. The summed E-state index contributed by atoms with van der Waals surface area (Å²) in [6, 6.07) is 5.21. The first-order valence-corrected chi connectivity index (χ1v) is 6.17. The number of rotatable bonds is 4. The number of ether oxygens (including phenoxy) is 1. The van der Waals surface area contributed by atoms with Crippen molar-refractivity contribution in [3.8, 4) is 11.5 Å². The SMILES string of the molecule is CS(=O)(=O)Oc1ccccc1OCC(F)(F)F. The Kier molecular flexibility index (Phi) is 3.87. The Morgan fingerprint density at radius 1 is 1.18 bits per heavy atom. The molecule has 0 fully saturated rings. The minimum Gasteiger partial charge on any atom is -0.480 e. The molecule has 0 N–H and O–H groups in total. The molecule has 0 radical (unpaired) electrons. The van der Waals surface area contributed by atoms with E-state index in [1.807, 2.05) is 0 Å². The first-order chi connectivity index (χ1) is 7.67. The van der Waals surface area contributed by atoms with E-state index in [0.29, 0.717) is 0 Å². The Morgan fingerprint density at radius 3 is 2.18 bits per heavy atom. The highest BCUT2D eigenvalue weighted by Crippen LogP contribution is 2.29. The first kappa shape index (κ1) is 13.6. The number of hydrogen-bond donors (Lipinski definition) is 0. The number of alkyl halides is 3. The second-order valence-electron chi connectivity index (χ2n) is 3.14. The van der Waals surface area contributed by atoms with Gasteiger partial charge in [0.2, 0.25) is 0 Å². The van der Waals surface area contributed by atoms with Crippen LogP contribution in [-0.4, -0.2) is 27.5 Å². The van der Waals surface area contributed by atoms with Crippen LogP contribution in [0.25, 0.3) is 0 Å². The van der Waals surface area contributed by atoms with Crippen LogP contribution in [0.5, 0.6) is 11.5 Å². The highest BCUT2D eigenvalue weighted by atomic mass is 32.2. The van der Waals surface area contributed by atoms with E-state index in [1.54, 1.807) is 0 Å². The number of hydrogen-bond acceptors (Lipinski definition) is 4. The molecule has 0 atom stereocenters. The zero-order chi connectivity index (χ0) is 13.1. The van der Waals surface area contributed by atoms with Crippen LogP contribution in [0.3, 0.4) is 0 Å². The lowest BCUT2D eigenvalue weighted by Crippen LogP contribution is -2.19. The van der Waals surface area contributed by atoms with Crippen molar-refractivity contribution in [2.75, 3.05) is 12.9 Å². The fourth-order valence-corrected chi connectivity index (χ4v) is 1.42. The lowest BCUT2D eigenvalue weighted by atomic mass is 10.3. The Hall–Kier alpha value is -1.44. The summed E-state index contributed by atoms with van der Waals surface area (Å²) < 4.78 is 66.4. The quantitative estimate of drug-likeness (QED) is 0.785. The van der Waals surface area contributed by atoms with Gasteiger partial charge in [0.05, 0.1) is 6.26 Å². The Bertz CT molecular complexity index is 481. The third-order valence-corrected chi connectivity index (χ3v) is 1.96. The van der Waals surface area contributed by atoms with Crippen LogP contribution in [0.15, 0.2) is 24.3 Å². The van der Waals surface area contributed by atoms with E-state index in [4.69, 9.17) is 0 Å². The lowest BCUT2D eigenvalue weighted by molar-refractivity contribution is -0.153. The van der Waals surface area contributed by atoms with Crippen LogP contribution < -0.4 is 8.92 Å². The van der Waals surface area contributed by atoms with Crippen LogP contribution >= 0.6 is 0 Å². The van der Waals surface area contributed by atoms with Crippen molar-refractivity contribution in [2.45, 2.75) is 6.18 Å². The summed E-state index contributed by atoms with van der Waals surface area (Å²) in [5.41, 5.74) is 0. The van der Waals surface area contributed by atoms with Crippen molar-refractivity contribution in [1.29, 1.82) is 0 Å². The summed E-state index contributed by atoms with van der Waals surface area (Å²) in [5.74, 6) is -0.561. The maximum absolute atomic E-state index is 11.9. The smallest absolute Gasteiger partial charge is 0.422 e. The van der Waals surface area contributed by atoms with Crippen molar-refractivity contribution < 1.29 is 30.5 Å². The zero-order valence-corrected chi connectivity index (χ0v) is 9.51. The van der Waals surface area contributed by atoms with E-state index in [2.05, 4.69) is 8.92 Å². The van der Waals surface area contributed by atoms with Gasteiger partial charge in [-0.2, -0.15) is 21.6 Å². The van der Waals surface area contributed by atoms with Crippen LogP contribution in [0.4, 0.5) is 13.2 Å². The normalized spacial score (nSPS) is 12.2. The summed E-state index contributed by atoms with van der Waals surface area (Å²) >= 11 is 0. The largest absolute Gasteiger partial charge is 0.480 e. The van der Waals surface area contributed by atoms with E-state index in [1.165, 1.54) is 24.3 Å². The minimum atomic E-state index is -4.50. The number of para-hydroxylation sites is 2. The highest BCUT2D eigenvalue weighted by molar-refractivity contribution is 7.86. The monoisotopic (exact) mass is 270 g/mol. The van der Waals surface area contributed by atoms with Gasteiger partial charge in [-0.1, -0.05) is 12.1 Å². The Labute approximate surface area is 96.1 Å². The molecule has 0 spiro atoms. The van der Waals surface area contributed by atoms with Gasteiger partial charge in [-0.05, 0) is 12.1 Å². The predicted octanol–water partition coefficient (Wildman–Crippen LogP) is 1.97. The van der Waals surface area contributed by atoms with Gasteiger partial charge in [-0.3, -0.25) is 0 Å². The van der Waals surface area contributed by atoms with Crippen molar-refractivity contribution in [1.82, 2.24) is 0 Å². The molecule has 0 aliphatic rings. The molecular weight excluding hydrogens is 261 g/mol. The van der Waals surface area contributed by atoms with E-state index in [9.17, 15) is 21.6 Å². The maximum atomic E-state index is 11.9. The fraction of sp³-hybridized carbons (Fsp3) is 0.333. The average Bonchev–Trinajstić information content (AvgIpc) is 2.12. The van der Waals surface area contributed by atoms with Gasteiger partial charge in [0, 0.05) is 0 Å². The molecular formula is C9H9F3O4S. The van der Waals surface area contributed by atoms with Gasteiger partial charge in [-0.25, -0.2) is 0 Å². The van der Waals surface area contributed by atoms with Crippen molar-refractivity contribution in [2.24, 2.45) is 0 Å². The average molecular weight is 270 g/mol. The van der Waals surface area contributed by atoms with E-state index < -0.39 is 22.9 Å². The van der Waals surface area contributed by atoms with E-state index >= 15 is 0 Å². The minimum absolute atomic E-state index is 0.278. The Morgan fingerprint density at radius 2 is 1.71 bits per heavy atom. The maximum Gasteiger partial charge on any atom is 0.422 e. The van der Waals surface area contributed by atoms with Gasteiger partial charge in [0.1, 0.15) is 0 Å². The van der Waals surface area contributed by atoms with Crippen LogP contribution in [-0.2, 0) is 10.1 Å². The molecule has 0 aliphatic heterocycles. The number of benzene rings is 1. The third kappa shape index (κ3) is 5.43. The molecule has 0 heterocycles. The third-order valence-electron chi connectivity index (χ3n) is 1.48. The molecule has 0 aliphatic carbocycles. The van der Waals surface area contributed by atoms with Crippen molar-refractivity contribution >= 4 is 10.1 Å². The summed E-state index contributed by atoms with van der Waals surface area (Å²) in [6.07, 6.45) is -3.72. The molecule has 0 amide bonds. The molecule has 0 aromatic heterocycles. The second-order valence-corrected chi connectivity index (χ2v) is 4.71. The molecule has 1 aromatic carbocycles. The molecule has 96 valence electrons. The molecule has 8 heteroatoms. The summed E-state index contributed by atoms with van der Waals surface area (Å²) in [7, 11) is -3.81. The van der Waals surface area contributed by atoms with E-state index in [0.717, 1.165) is 6.26 Å². The zero-order valence-electron chi connectivity index (χ0n) is 8.69. The molecule has 0 bridgehead atoms. The van der Waals surface area contributed by atoms with Gasteiger partial charge in [0.15, 0.2) is 18.1 Å². The van der Waals surface area contributed by atoms with Crippen LogP contribution in [0.2, 0.25) is 0 Å². The van der Waals surface area contributed by atoms with Crippen LogP contribution in [0, 0.1) is 0 Å². The predicted molar refractivity (Wildman–Crippen MR) is 53.5 cm³/mol. The van der Waals surface area contributed by atoms with Gasteiger partial charge >= 0.3 is 16.3 Å². The summed E-state index contributed by atoms with van der Waals surface area (Å²) in [4.78, 5) is 0. The second kappa shape index (κ2) is 4.82. The Balaban J connectivity index is 2.85. The summed E-state index contributed by atoms with van der Waals surface area (Å²) in [6.45, 7) is -1.52. The molecule has 4 nitrogen and oxygen atoms in total. The van der Waals surface area contributed by atoms with Crippen molar-refractivity contribution in [3.63, 3.8) is 0 Å². The van der Waals surface area contributed by atoms with Gasteiger partial charge in [0.25, 0.3) is 0 Å². The number of halogens is 3. The lowest BCUT2D eigenvalue weighted by Gasteiger charge is -2.12. The topological polar surface area (TPSA) is 52.6 Å². The summed E-state index contributed by atoms with van der Waals surface area (Å²) in [5, 5.41) is 0. The van der Waals surface area contributed by atoms with E-state index in [-0.39, 0.29) is 11.5 Å². The van der Waals surface area contributed by atoms with Gasteiger partial charge < -0.3 is 8.92 Å². The molecule has 17 heavy (non-hydrogen) atoms. The molecule has 0 unspecified atom stereocenters. The van der Waals surface area contributed by atoms with Crippen LogP contribution in [0.1, 0.15) is 0 Å². The van der Waals surface area contributed by atoms with Crippen molar-refractivity contribution in [3.05, 3.63) is 24.3 Å². The van der Waals surface area contributed by atoms with Gasteiger partial charge in [-0.15, -0.1) is 0 Å². The standard InChI is InChI=1S/C9H9F3O4S/c1-17(13,14)16-8-5-3-2-4-7(8)15-6-9(10,11)12/h2-5H,6H2,1H3. The molecule has 0 saturated carbocycles. The highest BCUT2D eigenvalue weighted by Gasteiger charge is 2.29. The first-order valence-electron chi connectivity index (χ1n) is 4.35. The fourth-order valence-electron chi connectivity index (χ4n) is 0.961. The molecule has 1 rings (SSSR count).